The van der Waals surface area contributed by atoms with Crippen molar-refractivity contribution in [1.82, 2.24) is 5.32 Å². The molecule has 0 atom stereocenters. The van der Waals surface area contributed by atoms with Crippen molar-refractivity contribution in [1.29, 1.82) is 5.26 Å². The number of amides is 2. The minimum absolute atomic E-state index is 0.176. The maximum Gasteiger partial charge on any atom is 0.251 e. The standard InChI is InChI=1S/C14H17N3O2/c1-10(2)9-16-14(19)11-4-3-5-12(8-11)17-13(18)6-7-15/h3-5,8,10H,6,9H2,1-2H3,(H,16,19)(H,17,18). The van der Waals surface area contributed by atoms with Crippen LogP contribution in [0, 0.1) is 17.2 Å². The van der Waals surface area contributed by atoms with Crippen molar-refractivity contribution in [3.63, 3.8) is 0 Å². The molecule has 1 rings (SSSR count). The summed E-state index contributed by atoms with van der Waals surface area (Å²) in [5.74, 6) is -0.185. The van der Waals surface area contributed by atoms with Gasteiger partial charge in [0, 0.05) is 17.8 Å². The van der Waals surface area contributed by atoms with Gasteiger partial charge in [0.25, 0.3) is 5.91 Å². The molecule has 0 fully saturated rings. The number of nitriles is 1. The molecule has 1 aromatic rings. The number of nitrogens with one attached hydrogen (secondary N) is 2. The monoisotopic (exact) mass is 259 g/mol. The van der Waals surface area contributed by atoms with Gasteiger partial charge in [-0.3, -0.25) is 9.59 Å². The molecule has 2 N–H and O–H groups in total. The zero-order valence-electron chi connectivity index (χ0n) is 11.1. The van der Waals surface area contributed by atoms with E-state index in [4.69, 9.17) is 5.26 Å². The summed E-state index contributed by atoms with van der Waals surface area (Å²) in [5.41, 5.74) is 0.993. The Kier molecular flexibility index (Phi) is 5.55. The SMILES string of the molecule is CC(C)CNC(=O)c1cccc(NC(=O)CC#N)c1. The van der Waals surface area contributed by atoms with Crippen LogP contribution in [0.25, 0.3) is 0 Å². The minimum atomic E-state index is -0.387. The summed E-state index contributed by atoms with van der Waals surface area (Å²) in [5, 5.41) is 13.8. The Morgan fingerprint density at radius 1 is 1.37 bits per heavy atom. The highest BCUT2D eigenvalue weighted by atomic mass is 16.2. The molecule has 0 heterocycles. The van der Waals surface area contributed by atoms with Crippen molar-refractivity contribution in [2.45, 2.75) is 20.3 Å². The van der Waals surface area contributed by atoms with Gasteiger partial charge >= 0.3 is 0 Å². The fourth-order valence-corrected chi connectivity index (χ4v) is 1.41. The van der Waals surface area contributed by atoms with Gasteiger partial charge in [-0.05, 0) is 24.1 Å². The van der Waals surface area contributed by atoms with E-state index in [1.165, 1.54) is 0 Å². The molecule has 2 amide bonds. The van der Waals surface area contributed by atoms with Gasteiger partial charge in [-0.2, -0.15) is 5.26 Å². The summed E-state index contributed by atoms with van der Waals surface area (Å²) in [6, 6.07) is 8.39. The van der Waals surface area contributed by atoms with Crippen molar-refractivity contribution in [2.75, 3.05) is 11.9 Å². The average molecular weight is 259 g/mol. The van der Waals surface area contributed by atoms with Crippen LogP contribution >= 0.6 is 0 Å². The maximum atomic E-state index is 11.8. The van der Waals surface area contributed by atoms with Crippen LogP contribution in [0.4, 0.5) is 5.69 Å². The van der Waals surface area contributed by atoms with Crippen molar-refractivity contribution in [3.8, 4) is 6.07 Å². The molecule has 5 nitrogen and oxygen atoms in total. The molecule has 0 aliphatic heterocycles. The minimum Gasteiger partial charge on any atom is -0.352 e. The van der Waals surface area contributed by atoms with Crippen LogP contribution in [-0.4, -0.2) is 18.4 Å². The van der Waals surface area contributed by atoms with E-state index in [0.717, 1.165) is 0 Å². The third-order valence-electron chi connectivity index (χ3n) is 2.32. The van der Waals surface area contributed by atoms with E-state index in [1.807, 2.05) is 13.8 Å². The number of benzene rings is 1. The highest BCUT2D eigenvalue weighted by Gasteiger charge is 2.08. The number of anilines is 1. The van der Waals surface area contributed by atoms with E-state index < -0.39 is 0 Å². The van der Waals surface area contributed by atoms with Gasteiger partial charge in [-0.1, -0.05) is 19.9 Å². The fraction of sp³-hybridized carbons (Fsp3) is 0.357. The predicted octanol–water partition coefficient (Wildman–Crippen LogP) is 1.92. The maximum absolute atomic E-state index is 11.8. The Labute approximate surface area is 112 Å². The number of hydrogen-bond acceptors (Lipinski definition) is 3. The van der Waals surface area contributed by atoms with Gasteiger partial charge in [-0.25, -0.2) is 0 Å². The molecule has 0 unspecified atom stereocenters. The van der Waals surface area contributed by atoms with Gasteiger partial charge in [0.05, 0.1) is 6.07 Å². The van der Waals surface area contributed by atoms with E-state index in [-0.39, 0.29) is 18.2 Å². The Hall–Kier alpha value is -2.35. The summed E-state index contributed by atoms with van der Waals surface area (Å²) in [7, 11) is 0. The van der Waals surface area contributed by atoms with Gasteiger partial charge in [0.2, 0.25) is 5.91 Å². The predicted molar refractivity (Wildman–Crippen MR) is 72.5 cm³/mol. The molecule has 0 aromatic heterocycles. The molecule has 5 heteroatoms. The van der Waals surface area contributed by atoms with Crippen LogP contribution in [0.1, 0.15) is 30.6 Å². The van der Waals surface area contributed by atoms with E-state index in [1.54, 1.807) is 30.3 Å². The smallest absolute Gasteiger partial charge is 0.251 e. The fourth-order valence-electron chi connectivity index (χ4n) is 1.41. The Balaban J connectivity index is 2.69. The van der Waals surface area contributed by atoms with Crippen molar-refractivity contribution in [3.05, 3.63) is 29.8 Å². The van der Waals surface area contributed by atoms with Crippen LogP contribution in [0.2, 0.25) is 0 Å². The molecular weight excluding hydrogens is 242 g/mol. The normalized spacial score (nSPS) is 9.79. The number of carbonyl (C=O) groups is 2. The molecule has 19 heavy (non-hydrogen) atoms. The molecule has 0 saturated carbocycles. The highest BCUT2D eigenvalue weighted by Crippen LogP contribution is 2.11. The molecule has 1 aromatic carbocycles. The lowest BCUT2D eigenvalue weighted by molar-refractivity contribution is -0.115. The molecule has 100 valence electrons. The van der Waals surface area contributed by atoms with E-state index in [9.17, 15) is 9.59 Å². The number of hydrogen-bond donors (Lipinski definition) is 2. The summed E-state index contributed by atoms with van der Waals surface area (Å²) in [6.45, 7) is 4.63. The quantitative estimate of drug-likeness (QED) is 0.847. The number of rotatable bonds is 5. The first kappa shape index (κ1) is 14.7. The summed E-state index contributed by atoms with van der Waals surface area (Å²) in [6.07, 6.45) is -0.205. The van der Waals surface area contributed by atoms with Crippen LogP contribution in [0.5, 0.6) is 0 Å². The molecule has 0 aliphatic rings. The zero-order chi connectivity index (χ0) is 14.3. The van der Waals surface area contributed by atoms with Gasteiger partial charge in [-0.15, -0.1) is 0 Å². The van der Waals surface area contributed by atoms with Crippen molar-refractivity contribution >= 4 is 17.5 Å². The lowest BCUT2D eigenvalue weighted by Gasteiger charge is -2.09. The van der Waals surface area contributed by atoms with Crippen LogP contribution in [-0.2, 0) is 4.79 Å². The first-order chi connectivity index (χ1) is 9.02. The zero-order valence-corrected chi connectivity index (χ0v) is 11.1. The second-order valence-electron chi connectivity index (χ2n) is 4.57. The third kappa shape index (κ3) is 5.21. The first-order valence-corrected chi connectivity index (χ1v) is 6.08. The van der Waals surface area contributed by atoms with Gasteiger partial charge in [0.1, 0.15) is 6.42 Å². The van der Waals surface area contributed by atoms with Crippen molar-refractivity contribution in [2.24, 2.45) is 5.92 Å². The summed E-state index contributed by atoms with van der Waals surface area (Å²) in [4.78, 5) is 23.1. The van der Waals surface area contributed by atoms with E-state index in [2.05, 4.69) is 10.6 Å². The highest BCUT2D eigenvalue weighted by molar-refractivity contribution is 5.97. The van der Waals surface area contributed by atoms with Crippen LogP contribution < -0.4 is 10.6 Å². The number of carbonyl (C=O) groups excluding carboxylic acids is 2. The van der Waals surface area contributed by atoms with Gasteiger partial charge < -0.3 is 10.6 Å². The molecule has 0 spiro atoms. The summed E-state index contributed by atoms with van der Waals surface area (Å²) < 4.78 is 0. The van der Waals surface area contributed by atoms with Crippen LogP contribution in [0.3, 0.4) is 0 Å². The molecule has 0 aliphatic carbocycles. The lowest BCUT2D eigenvalue weighted by Crippen LogP contribution is -2.27. The first-order valence-electron chi connectivity index (χ1n) is 6.08. The average Bonchev–Trinajstić information content (AvgIpc) is 2.36. The Bertz CT molecular complexity index is 504. The molecular formula is C14H17N3O2. The lowest BCUT2D eigenvalue weighted by atomic mass is 10.1. The van der Waals surface area contributed by atoms with E-state index >= 15 is 0 Å². The molecule has 0 bridgehead atoms. The van der Waals surface area contributed by atoms with Crippen molar-refractivity contribution < 1.29 is 9.59 Å². The molecule has 0 saturated heterocycles. The third-order valence-corrected chi connectivity index (χ3v) is 2.32. The summed E-state index contributed by atoms with van der Waals surface area (Å²) >= 11 is 0. The Morgan fingerprint density at radius 2 is 2.11 bits per heavy atom. The second kappa shape index (κ2) is 7.17. The topological polar surface area (TPSA) is 82.0 Å². The largest absolute Gasteiger partial charge is 0.352 e. The van der Waals surface area contributed by atoms with E-state index in [0.29, 0.717) is 23.7 Å². The second-order valence-corrected chi connectivity index (χ2v) is 4.57. The van der Waals surface area contributed by atoms with Crippen LogP contribution in [0.15, 0.2) is 24.3 Å². The Morgan fingerprint density at radius 3 is 2.74 bits per heavy atom. The number of nitrogens with zero attached hydrogens (tertiary/aromatic N) is 1. The van der Waals surface area contributed by atoms with Gasteiger partial charge in [0.15, 0.2) is 0 Å². The molecule has 0 radical (unpaired) electrons.